The van der Waals surface area contributed by atoms with Crippen LogP contribution in [0.2, 0.25) is 0 Å². The molecular formula is C16H23ClN4O2S. The van der Waals surface area contributed by atoms with Gasteiger partial charge < -0.3 is 5.32 Å². The van der Waals surface area contributed by atoms with Crippen LogP contribution < -0.4 is 5.32 Å². The molecular weight excluding hydrogens is 348 g/mol. The molecule has 0 bridgehead atoms. The molecule has 24 heavy (non-hydrogen) atoms. The van der Waals surface area contributed by atoms with Crippen LogP contribution in [0.1, 0.15) is 24.1 Å². The van der Waals surface area contributed by atoms with E-state index in [0.29, 0.717) is 19.6 Å². The number of hydrogen-bond donors (Lipinski definition) is 1. The Kier molecular flexibility index (Phi) is 6.03. The first kappa shape index (κ1) is 18.9. The van der Waals surface area contributed by atoms with E-state index in [2.05, 4.69) is 29.5 Å². The molecule has 1 fully saturated rings. The van der Waals surface area contributed by atoms with E-state index < -0.39 is 10.0 Å². The van der Waals surface area contributed by atoms with Gasteiger partial charge in [0.05, 0.1) is 12.2 Å². The molecule has 2 heterocycles. The quantitative estimate of drug-likeness (QED) is 0.890. The molecule has 132 valence electrons. The molecule has 1 N–H and O–H groups in total. The molecule has 0 radical (unpaired) electrons. The third-order valence-electron chi connectivity index (χ3n) is 4.25. The summed E-state index contributed by atoms with van der Waals surface area (Å²) in [5.41, 5.74) is 2.26. The van der Waals surface area contributed by atoms with Crippen molar-refractivity contribution in [2.75, 3.05) is 19.6 Å². The van der Waals surface area contributed by atoms with Gasteiger partial charge in [0, 0.05) is 32.9 Å². The second-order valence-corrected chi connectivity index (χ2v) is 7.67. The molecule has 1 saturated heterocycles. The van der Waals surface area contributed by atoms with Crippen LogP contribution in [0.15, 0.2) is 41.6 Å². The van der Waals surface area contributed by atoms with Gasteiger partial charge in [0.1, 0.15) is 4.90 Å². The molecule has 1 aliphatic rings. The monoisotopic (exact) mass is 370 g/mol. The predicted molar refractivity (Wildman–Crippen MR) is 95.8 cm³/mol. The molecule has 1 aromatic heterocycles. The zero-order chi connectivity index (χ0) is 16.4. The van der Waals surface area contributed by atoms with Crippen molar-refractivity contribution >= 4 is 22.4 Å². The second kappa shape index (κ2) is 7.65. The van der Waals surface area contributed by atoms with E-state index in [1.54, 1.807) is 17.5 Å². The SMILES string of the molecule is CCc1ccc(C2CNCCN2S(=O)(=O)c2cnn(C)c2)cc1.Cl. The summed E-state index contributed by atoms with van der Waals surface area (Å²) < 4.78 is 29.0. The average Bonchev–Trinajstić information content (AvgIpc) is 3.02. The summed E-state index contributed by atoms with van der Waals surface area (Å²) in [6.07, 6.45) is 3.93. The van der Waals surface area contributed by atoms with Crippen molar-refractivity contribution in [1.29, 1.82) is 0 Å². The van der Waals surface area contributed by atoms with E-state index in [0.717, 1.165) is 12.0 Å². The highest BCUT2D eigenvalue weighted by Crippen LogP contribution is 2.28. The maximum atomic E-state index is 13.0. The Morgan fingerprint density at radius 2 is 2.00 bits per heavy atom. The highest BCUT2D eigenvalue weighted by atomic mass is 35.5. The molecule has 1 aliphatic heterocycles. The van der Waals surface area contributed by atoms with Crippen molar-refractivity contribution < 1.29 is 8.42 Å². The first-order chi connectivity index (χ1) is 11.0. The van der Waals surface area contributed by atoms with Crippen LogP contribution >= 0.6 is 12.4 Å². The number of nitrogens with zero attached hydrogens (tertiary/aromatic N) is 3. The Balaban J connectivity index is 0.00000208. The highest BCUT2D eigenvalue weighted by molar-refractivity contribution is 7.89. The minimum absolute atomic E-state index is 0. The van der Waals surface area contributed by atoms with Crippen LogP contribution in [0.25, 0.3) is 0 Å². The lowest BCUT2D eigenvalue weighted by molar-refractivity contribution is 0.271. The fraction of sp³-hybridized carbons (Fsp3) is 0.438. The highest BCUT2D eigenvalue weighted by Gasteiger charge is 2.35. The Morgan fingerprint density at radius 1 is 1.29 bits per heavy atom. The topological polar surface area (TPSA) is 67.2 Å². The van der Waals surface area contributed by atoms with Crippen molar-refractivity contribution in [3.8, 4) is 0 Å². The normalized spacial score (nSPS) is 19.0. The molecule has 0 aliphatic carbocycles. The number of rotatable bonds is 4. The van der Waals surface area contributed by atoms with Gasteiger partial charge >= 0.3 is 0 Å². The Bertz CT molecular complexity index is 774. The van der Waals surface area contributed by atoms with E-state index >= 15 is 0 Å². The Morgan fingerprint density at radius 3 is 2.58 bits per heavy atom. The van der Waals surface area contributed by atoms with Gasteiger partial charge in [0.25, 0.3) is 0 Å². The minimum atomic E-state index is -3.54. The van der Waals surface area contributed by atoms with Gasteiger partial charge in [-0.1, -0.05) is 31.2 Å². The lowest BCUT2D eigenvalue weighted by Gasteiger charge is -2.35. The summed E-state index contributed by atoms with van der Waals surface area (Å²) in [5, 5.41) is 7.29. The van der Waals surface area contributed by atoms with Gasteiger partial charge in [-0.05, 0) is 17.5 Å². The van der Waals surface area contributed by atoms with E-state index in [1.807, 2.05) is 12.1 Å². The maximum Gasteiger partial charge on any atom is 0.246 e. The second-order valence-electron chi connectivity index (χ2n) is 5.78. The summed E-state index contributed by atoms with van der Waals surface area (Å²) in [6, 6.07) is 8.00. The van der Waals surface area contributed by atoms with Crippen LogP contribution in [0, 0.1) is 0 Å². The molecule has 1 aromatic carbocycles. The fourth-order valence-electron chi connectivity index (χ4n) is 2.90. The number of nitrogens with one attached hydrogen (secondary N) is 1. The number of sulfonamides is 1. The van der Waals surface area contributed by atoms with Crippen molar-refractivity contribution in [3.63, 3.8) is 0 Å². The number of aromatic nitrogens is 2. The smallest absolute Gasteiger partial charge is 0.246 e. The van der Waals surface area contributed by atoms with Gasteiger partial charge in [0.15, 0.2) is 0 Å². The van der Waals surface area contributed by atoms with E-state index in [9.17, 15) is 8.42 Å². The minimum Gasteiger partial charge on any atom is -0.313 e. The summed E-state index contributed by atoms with van der Waals surface area (Å²) in [4.78, 5) is 0.247. The first-order valence-electron chi connectivity index (χ1n) is 7.82. The van der Waals surface area contributed by atoms with Crippen molar-refractivity contribution in [2.45, 2.75) is 24.3 Å². The van der Waals surface area contributed by atoms with Crippen molar-refractivity contribution in [2.24, 2.45) is 7.05 Å². The summed E-state index contributed by atoms with van der Waals surface area (Å²) in [7, 11) is -1.82. The number of halogens is 1. The Hall–Kier alpha value is -1.41. The van der Waals surface area contributed by atoms with Crippen LogP contribution in [0.4, 0.5) is 0 Å². The van der Waals surface area contributed by atoms with Gasteiger partial charge in [-0.2, -0.15) is 9.40 Å². The van der Waals surface area contributed by atoms with E-state index in [4.69, 9.17) is 0 Å². The molecule has 0 amide bonds. The van der Waals surface area contributed by atoms with Gasteiger partial charge in [0.2, 0.25) is 10.0 Å². The van der Waals surface area contributed by atoms with Crippen LogP contribution in [0.3, 0.4) is 0 Å². The molecule has 1 atom stereocenters. The summed E-state index contributed by atoms with van der Waals surface area (Å²) in [5.74, 6) is 0. The fourth-order valence-corrected chi connectivity index (χ4v) is 4.50. The van der Waals surface area contributed by atoms with E-state index in [-0.39, 0.29) is 23.3 Å². The van der Waals surface area contributed by atoms with E-state index in [1.165, 1.54) is 16.4 Å². The standard InChI is InChI=1S/C16H22N4O2S.ClH/c1-3-13-4-6-14(7-5-13)16-11-17-8-9-20(16)23(21,22)15-10-18-19(2)12-15;/h4-7,10,12,16-17H,3,8-9,11H2,1-2H3;1H. The number of hydrogen-bond acceptors (Lipinski definition) is 4. The van der Waals surface area contributed by atoms with Crippen LogP contribution in [0.5, 0.6) is 0 Å². The average molecular weight is 371 g/mol. The van der Waals surface area contributed by atoms with Crippen LogP contribution in [-0.2, 0) is 23.5 Å². The molecule has 0 saturated carbocycles. The van der Waals surface area contributed by atoms with Crippen molar-refractivity contribution in [1.82, 2.24) is 19.4 Å². The molecule has 1 unspecified atom stereocenters. The molecule has 3 rings (SSSR count). The zero-order valence-electron chi connectivity index (χ0n) is 13.8. The third kappa shape index (κ3) is 3.64. The van der Waals surface area contributed by atoms with Crippen molar-refractivity contribution in [3.05, 3.63) is 47.8 Å². The number of piperazine rings is 1. The predicted octanol–water partition coefficient (Wildman–Crippen LogP) is 1.74. The maximum absolute atomic E-state index is 13.0. The lowest BCUT2D eigenvalue weighted by Crippen LogP contribution is -2.48. The third-order valence-corrected chi connectivity index (χ3v) is 6.12. The van der Waals surface area contributed by atoms with Gasteiger partial charge in [-0.3, -0.25) is 4.68 Å². The summed E-state index contributed by atoms with van der Waals surface area (Å²) in [6.45, 7) is 3.84. The molecule has 0 spiro atoms. The first-order valence-corrected chi connectivity index (χ1v) is 9.26. The van der Waals surface area contributed by atoms with Gasteiger partial charge in [-0.25, -0.2) is 8.42 Å². The Labute approximate surface area is 149 Å². The molecule has 6 nitrogen and oxygen atoms in total. The molecule has 8 heteroatoms. The lowest BCUT2D eigenvalue weighted by atomic mass is 10.0. The van der Waals surface area contributed by atoms with Gasteiger partial charge in [-0.15, -0.1) is 12.4 Å². The largest absolute Gasteiger partial charge is 0.313 e. The van der Waals surface area contributed by atoms with Crippen LogP contribution in [-0.4, -0.2) is 42.1 Å². The number of aryl methyl sites for hydroxylation is 2. The number of benzene rings is 1. The summed E-state index contributed by atoms with van der Waals surface area (Å²) >= 11 is 0. The molecule has 2 aromatic rings. The zero-order valence-corrected chi connectivity index (χ0v) is 15.5.